The zero-order valence-corrected chi connectivity index (χ0v) is 20.0. The summed E-state index contributed by atoms with van der Waals surface area (Å²) in [4.78, 5) is 40.8. The minimum absolute atomic E-state index is 0.0316. The summed E-state index contributed by atoms with van der Waals surface area (Å²) in [6.45, 7) is 1.38. The molecule has 1 atom stereocenters. The van der Waals surface area contributed by atoms with E-state index in [9.17, 15) is 27.2 Å². The van der Waals surface area contributed by atoms with Gasteiger partial charge in [0.1, 0.15) is 23.7 Å². The van der Waals surface area contributed by atoms with Gasteiger partial charge in [-0.25, -0.2) is 17.6 Å². The summed E-state index contributed by atoms with van der Waals surface area (Å²) < 4.78 is 45.0. The molecular formula is C23H25FN4O6S. The van der Waals surface area contributed by atoms with Crippen molar-refractivity contribution in [1.29, 1.82) is 0 Å². The molecule has 0 saturated carbocycles. The van der Waals surface area contributed by atoms with Crippen LogP contribution in [0.15, 0.2) is 53.4 Å². The SMILES string of the molecule is COc1ccc([C@]2(C)NC(=O)N(CC(=O)N3CCN(S(=O)(=O)c4ccc(F)cc4)CC3)C2=O)cc1. The first-order valence-electron chi connectivity index (χ1n) is 10.9. The summed E-state index contributed by atoms with van der Waals surface area (Å²) in [5, 5.41) is 2.65. The number of nitrogens with zero attached hydrogens (tertiary/aromatic N) is 3. The number of hydrogen-bond acceptors (Lipinski definition) is 6. The van der Waals surface area contributed by atoms with Crippen LogP contribution < -0.4 is 10.1 Å². The molecule has 186 valence electrons. The Morgan fingerprint density at radius 1 is 1.03 bits per heavy atom. The lowest BCUT2D eigenvalue weighted by atomic mass is 9.92. The van der Waals surface area contributed by atoms with Gasteiger partial charge in [-0.1, -0.05) is 12.1 Å². The van der Waals surface area contributed by atoms with Crippen molar-refractivity contribution in [3.05, 3.63) is 59.9 Å². The van der Waals surface area contributed by atoms with E-state index >= 15 is 0 Å². The first kappa shape index (κ1) is 24.6. The van der Waals surface area contributed by atoms with Crippen molar-refractivity contribution in [2.24, 2.45) is 0 Å². The summed E-state index contributed by atoms with van der Waals surface area (Å²) in [6.07, 6.45) is 0. The van der Waals surface area contributed by atoms with E-state index in [0.29, 0.717) is 11.3 Å². The third-order valence-corrected chi connectivity index (χ3v) is 8.19. The van der Waals surface area contributed by atoms with Crippen LogP contribution in [0.2, 0.25) is 0 Å². The molecule has 2 heterocycles. The first-order chi connectivity index (χ1) is 16.6. The van der Waals surface area contributed by atoms with Gasteiger partial charge in [0.2, 0.25) is 15.9 Å². The van der Waals surface area contributed by atoms with Gasteiger partial charge in [-0.05, 0) is 48.9 Å². The highest BCUT2D eigenvalue weighted by molar-refractivity contribution is 7.89. The molecule has 4 rings (SSSR count). The molecule has 4 amide bonds. The van der Waals surface area contributed by atoms with E-state index in [2.05, 4.69) is 5.32 Å². The number of benzene rings is 2. The number of nitrogens with one attached hydrogen (secondary N) is 1. The number of amides is 4. The van der Waals surface area contributed by atoms with E-state index in [1.54, 1.807) is 31.2 Å². The van der Waals surface area contributed by atoms with Crippen molar-refractivity contribution in [2.75, 3.05) is 39.8 Å². The Hall–Kier alpha value is -3.51. The maximum absolute atomic E-state index is 13.1. The molecule has 1 N–H and O–H groups in total. The highest BCUT2D eigenvalue weighted by Gasteiger charge is 2.49. The molecule has 0 unspecified atom stereocenters. The van der Waals surface area contributed by atoms with Gasteiger partial charge in [0.05, 0.1) is 12.0 Å². The Morgan fingerprint density at radius 3 is 2.20 bits per heavy atom. The molecule has 0 aliphatic carbocycles. The van der Waals surface area contributed by atoms with Gasteiger partial charge in [-0.15, -0.1) is 0 Å². The number of methoxy groups -OCH3 is 1. The van der Waals surface area contributed by atoms with Crippen LogP contribution in [0, 0.1) is 5.82 Å². The fourth-order valence-electron chi connectivity index (χ4n) is 4.13. The molecule has 10 nitrogen and oxygen atoms in total. The Kier molecular flexibility index (Phi) is 6.52. The van der Waals surface area contributed by atoms with E-state index in [1.807, 2.05) is 0 Å². The molecule has 35 heavy (non-hydrogen) atoms. The van der Waals surface area contributed by atoms with Crippen molar-refractivity contribution in [1.82, 2.24) is 19.4 Å². The van der Waals surface area contributed by atoms with Crippen LogP contribution in [0.5, 0.6) is 5.75 Å². The maximum atomic E-state index is 13.1. The number of carbonyl (C=O) groups excluding carboxylic acids is 3. The lowest BCUT2D eigenvalue weighted by Crippen LogP contribution is -2.53. The zero-order chi connectivity index (χ0) is 25.4. The van der Waals surface area contributed by atoms with E-state index in [4.69, 9.17) is 4.74 Å². The lowest BCUT2D eigenvalue weighted by molar-refractivity contribution is -0.139. The predicted molar refractivity (Wildman–Crippen MR) is 122 cm³/mol. The Morgan fingerprint density at radius 2 is 1.63 bits per heavy atom. The number of halogens is 1. The first-order valence-corrected chi connectivity index (χ1v) is 12.3. The van der Waals surface area contributed by atoms with Gasteiger partial charge in [0.15, 0.2) is 0 Å². The number of rotatable bonds is 6. The fraction of sp³-hybridized carbons (Fsp3) is 0.348. The quantitative estimate of drug-likeness (QED) is 0.590. The van der Waals surface area contributed by atoms with Crippen molar-refractivity contribution < 1.29 is 31.9 Å². The minimum Gasteiger partial charge on any atom is -0.497 e. The molecule has 2 aromatic carbocycles. The molecule has 0 spiro atoms. The number of urea groups is 1. The Bertz CT molecular complexity index is 1240. The van der Waals surface area contributed by atoms with Gasteiger partial charge >= 0.3 is 6.03 Å². The highest BCUT2D eigenvalue weighted by atomic mass is 32.2. The van der Waals surface area contributed by atoms with Crippen LogP contribution in [0.4, 0.5) is 9.18 Å². The summed E-state index contributed by atoms with van der Waals surface area (Å²) in [6, 6.07) is 10.5. The second kappa shape index (κ2) is 9.27. The van der Waals surface area contributed by atoms with E-state index < -0.39 is 45.8 Å². The number of imide groups is 1. The highest BCUT2D eigenvalue weighted by Crippen LogP contribution is 2.30. The standard InChI is InChI=1S/C23H25FN4O6S/c1-23(16-3-7-18(34-2)8-4-16)21(30)28(22(31)25-23)15-20(29)26-11-13-27(14-12-26)35(32,33)19-9-5-17(24)6-10-19/h3-10H,11-15H2,1-2H3,(H,25,31)/t23-/m0/s1. The van der Waals surface area contributed by atoms with Crippen molar-refractivity contribution in [2.45, 2.75) is 17.4 Å². The molecule has 0 aromatic heterocycles. The number of hydrogen-bond donors (Lipinski definition) is 1. The average molecular weight is 505 g/mol. The third kappa shape index (κ3) is 4.58. The number of carbonyl (C=O) groups is 3. The van der Waals surface area contributed by atoms with Crippen LogP contribution in [-0.2, 0) is 25.2 Å². The van der Waals surface area contributed by atoms with Gasteiger partial charge in [-0.3, -0.25) is 14.5 Å². The molecule has 2 fully saturated rings. The molecule has 2 saturated heterocycles. The second-order valence-electron chi connectivity index (χ2n) is 8.41. The van der Waals surface area contributed by atoms with Crippen LogP contribution >= 0.6 is 0 Å². The monoisotopic (exact) mass is 504 g/mol. The van der Waals surface area contributed by atoms with Crippen LogP contribution in [0.3, 0.4) is 0 Å². The molecule has 2 aliphatic rings. The maximum Gasteiger partial charge on any atom is 0.325 e. The Balaban J connectivity index is 1.39. The zero-order valence-electron chi connectivity index (χ0n) is 19.2. The van der Waals surface area contributed by atoms with E-state index in [1.165, 1.54) is 28.4 Å². The molecule has 12 heteroatoms. The second-order valence-corrected chi connectivity index (χ2v) is 10.4. The Labute approximate surface area is 202 Å². The van der Waals surface area contributed by atoms with Gasteiger partial charge in [-0.2, -0.15) is 4.31 Å². The van der Waals surface area contributed by atoms with Gasteiger partial charge in [0.25, 0.3) is 5.91 Å². The van der Waals surface area contributed by atoms with Crippen molar-refractivity contribution in [3.8, 4) is 5.75 Å². The summed E-state index contributed by atoms with van der Waals surface area (Å²) in [5.41, 5.74) is -0.780. The van der Waals surface area contributed by atoms with Gasteiger partial charge < -0.3 is 15.0 Å². The normalized spacial score (nSPS) is 21.2. The van der Waals surface area contributed by atoms with Crippen LogP contribution in [0.25, 0.3) is 0 Å². The summed E-state index contributed by atoms with van der Waals surface area (Å²) in [5.74, 6) is -0.963. The van der Waals surface area contributed by atoms with E-state index in [-0.39, 0.29) is 31.1 Å². The lowest BCUT2D eigenvalue weighted by Gasteiger charge is -2.34. The number of sulfonamides is 1. The number of ether oxygens (including phenoxy) is 1. The topological polar surface area (TPSA) is 116 Å². The van der Waals surface area contributed by atoms with Crippen LogP contribution in [-0.4, -0.2) is 80.2 Å². The fourth-order valence-corrected chi connectivity index (χ4v) is 5.55. The van der Waals surface area contributed by atoms with Gasteiger partial charge in [0, 0.05) is 26.2 Å². The van der Waals surface area contributed by atoms with Crippen molar-refractivity contribution in [3.63, 3.8) is 0 Å². The van der Waals surface area contributed by atoms with E-state index in [0.717, 1.165) is 17.0 Å². The van der Waals surface area contributed by atoms with Crippen LogP contribution in [0.1, 0.15) is 12.5 Å². The largest absolute Gasteiger partial charge is 0.497 e. The molecule has 0 radical (unpaired) electrons. The molecular weight excluding hydrogens is 479 g/mol. The molecule has 2 aliphatic heterocycles. The predicted octanol–water partition coefficient (Wildman–Crippen LogP) is 1.13. The molecule has 2 aromatic rings. The summed E-state index contributed by atoms with van der Waals surface area (Å²) >= 11 is 0. The third-order valence-electron chi connectivity index (χ3n) is 6.28. The molecule has 0 bridgehead atoms. The van der Waals surface area contributed by atoms with Crippen molar-refractivity contribution >= 4 is 27.9 Å². The summed E-state index contributed by atoms with van der Waals surface area (Å²) in [7, 11) is -2.31. The number of piperazine rings is 1. The minimum atomic E-state index is -3.83. The smallest absolute Gasteiger partial charge is 0.325 e. The average Bonchev–Trinajstić information content (AvgIpc) is 3.08.